The van der Waals surface area contributed by atoms with Crippen LogP contribution in [-0.2, 0) is 19.6 Å². The summed E-state index contributed by atoms with van der Waals surface area (Å²) in [6, 6.07) is 5.35. The van der Waals surface area contributed by atoms with Gasteiger partial charge in [0.25, 0.3) is 10.0 Å². The molecule has 2 aliphatic rings. The third kappa shape index (κ3) is 4.63. The standard InChI is InChI=1S/C21H29N3O4S/c1-14-7-9-17(10-8-14)29(27,28)24-12-11-22-21(26)19(24)13-20(25)23-18-6-4-5-15(2)16(18)3/h7-12,15-16,18-19H,4-6,13H2,1-3H3,(H,22,26)(H,23,25)/t15?,16?,18-,19-/m1/s1. The Bertz CT molecular complexity index is 895. The number of nitrogens with one attached hydrogen (secondary N) is 2. The van der Waals surface area contributed by atoms with E-state index in [0.717, 1.165) is 29.1 Å². The van der Waals surface area contributed by atoms with Crippen molar-refractivity contribution in [2.75, 3.05) is 0 Å². The monoisotopic (exact) mass is 419 g/mol. The molecule has 1 aliphatic heterocycles. The van der Waals surface area contributed by atoms with Gasteiger partial charge in [0.15, 0.2) is 0 Å². The highest BCUT2D eigenvalue weighted by Gasteiger charge is 2.37. The summed E-state index contributed by atoms with van der Waals surface area (Å²) in [6.45, 7) is 6.17. The van der Waals surface area contributed by atoms with Crippen LogP contribution in [0.15, 0.2) is 41.6 Å². The molecule has 8 heteroatoms. The van der Waals surface area contributed by atoms with Crippen LogP contribution in [0.2, 0.25) is 0 Å². The number of rotatable bonds is 5. The first-order valence-electron chi connectivity index (χ1n) is 10.1. The van der Waals surface area contributed by atoms with Crippen molar-refractivity contribution in [3.8, 4) is 0 Å². The first-order valence-corrected chi connectivity index (χ1v) is 11.5. The molecule has 1 heterocycles. The summed E-state index contributed by atoms with van der Waals surface area (Å²) in [5.41, 5.74) is 0.933. The zero-order valence-corrected chi connectivity index (χ0v) is 17.9. The number of nitrogens with zero attached hydrogens (tertiary/aromatic N) is 1. The minimum atomic E-state index is -3.95. The van der Waals surface area contributed by atoms with Gasteiger partial charge in [0.2, 0.25) is 11.8 Å². The van der Waals surface area contributed by atoms with Gasteiger partial charge in [0.1, 0.15) is 6.04 Å². The lowest BCUT2D eigenvalue weighted by Crippen LogP contribution is -2.52. The van der Waals surface area contributed by atoms with Crippen LogP contribution in [0.4, 0.5) is 0 Å². The Morgan fingerprint density at radius 1 is 1.21 bits per heavy atom. The van der Waals surface area contributed by atoms with Crippen molar-refractivity contribution in [2.45, 2.75) is 63.4 Å². The van der Waals surface area contributed by atoms with Crippen LogP contribution in [-0.4, -0.2) is 36.6 Å². The minimum absolute atomic E-state index is 0.0515. The van der Waals surface area contributed by atoms with E-state index in [2.05, 4.69) is 24.5 Å². The maximum absolute atomic E-state index is 13.1. The predicted molar refractivity (Wildman–Crippen MR) is 110 cm³/mol. The lowest BCUT2D eigenvalue weighted by atomic mass is 9.78. The number of carbonyl (C=O) groups excluding carboxylic acids is 2. The summed E-state index contributed by atoms with van der Waals surface area (Å²) in [5.74, 6) is 0.0486. The molecule has 3 rings (SSSR count). The van der Waals surface area contributed by atoms with Crippen molar-refractivity contribution in [2.24, 2.45) is 11.8 Å². The lowest BCUT2D eigenvalue weighted by molar-refractivity contribution is -0.130. The molecule has 1 aromatic rings. The summed E-state index contributed by atoms with van der Waals surface area (Å²) in [7, 11) is -3.95. The van der Waals surface area contributed by atoms with E-state index in [1.165, 1.54) is 24.5 Å². The highest BCUT2D eigenvalue weighted by atomic mass is 32.2. The molecule has 0 radical (unpaired) electrons. The van der Waals surface area contributed by atoms with Crippen LogP contribution in [0, 0.1) is 18.8 Å². The van der Waals surface area contributed by atoms with Crippen molar-refractivity contribution >= 4 is 21.8 Å². The molecular weight excluding hydrogens is 390 g/mol. The molecule has 29 heavy (non-hydrogen) atoms. The van der Waals surface area contributed by atoms with E-state index in [0.29, 0.717) is 11.8 Å². The van der Waals surface area contributed by atoms with Crippen LogP contribution >= 0.6 is 0 Å². The zero-order valence-electron chi connectivity index (χ0n) is 17.1. The van der Waals surface area contributed by atoms with Gasteiger partial charge < -0.3 is 10.6 Å². The SMILES string of the molecule is Cc1ccc(S(=O)(=O)N2C=CNC(=O)[C@H]2CC(=O)N[C@@H]2CCCC(C)C2C)cc1. The second-order valence-electron chi connectivity index (χ2n) is 8.13. The largest absolute Gasteiger partial charge is 0.353 e. The van der Waals surface area contributed by atoms with Gasteiger partial charge >= 0.3 is 0 Å². The smallest absolute Gasteiger partial charge is 0.264 e. The topological polar surface area (TPSA) is 95.6 Å². The quantitative estimate of drug-likeness (QED) is 0.765. The Kier molecular flexibility index (Phi) is 6.31. The minimum Gasteiger partial charge on any atom is -0.353 e. The Morgan fingerprint density at radius 2 is 1.90 bits per heavy atom. The summed E-state index contributed by atoms with van der Waals surface area (Å²) < 4.78 is 27.2. The zero-order chi connectivity index (χ0) is 21.2. The number of aryl methyl sites for hydroxylation is 1. The number of hydrogen-bond donors (Lipinski definition) is 2. The van der Waals surface area contributed by atoms with Crippen LogP contribution in [0.5, 0.6) is 0 Å². The average molecular weight is 420 g/mol. The molecule has 0 aromatic heterocycles. The van der Waals surface area contributed by atoms with Gasteiger partial charge in [-0.2, -0.15) is 0 Å². The van der Waals surface area contributed by atoms with Crippen LogP contribution in [0.25, 0.3) is 0 Å². The third-order valence-corrected chi connectivity index (χ3v) is 7.88. The van der Waals surface area contributed by atoms with E-state index in [9.17, 15) is 18.0 Å². The second kappa shape index (κ2) is 8.57. The van der Waals surface area contributed by atoms with Gasteiger partial charge in [-0.3, -0.25) is 13.9 Å². The molecule has 2 N–H and O–H groups in total. The normalized spacial score (nSPS) is 27.4. The van der Waals surface area contributed by atoms with Crippen molar-refractivity contribution in [1.29, 1.82) is 0 Å². The molecule has 1 aliphatic carbocycles. The average Bonchev–Trinajstić information content (AvgIpc) is 2.67. The fourth-order valence-electron chi connectivity index (χ4n) is 4.00. The Morgan fingerprint density at radius 3 is 2.59 bits per heavy atom. The molecule has 1 saturated carbocycles. The van der Waals surface area contributed by atoms with Gasteiger partial charge in [-0.25, -0.2) is 8.42 Å². The molecule has 2 amide bonds. The molecule has 158 valence electrons. The summed E-state index contributed by atoms with van der Waals surface area (Å²) in [6.07, 6.45) is 5.47. The van der Waals surface area contributed by atoms with Crippen LogP contribution in [0.3, 0.4) is 0 Å². The number of hydrogen-bond acceptors (Lipinski definition) is 4. The van der Waals surface area contributed by atoms with E-state index in [4.69, 9.17) is 0 Å². The number of sulfonamides is 1. The molecule has 0 spiro atoms. The summed E-state index contributed by atoms with van der Waals surface area (Å²) in [4.78, 5) is 25.2. The maximum Gasteiger partial charge on any atom is 0.264 e. The van der Waals surface area contributed by atoms with E-state index >= 15 is 0 Å². The maximum atomic E-state index is 13.1. The highest BCUT2D eigenvalue weighted by Crippen LogP contribution is 2.30. The number of amides is 2. The molecule has 1 aromatic carbocycles. The highest BCUT2D eigenvalue weighted by molar-refractivity contribution is 7.89. The molecule has 7 nitrogen and oxygen atoms in total. The van der Waals surface area contributed by atoms with E-state index in [-0.39, 0.29) is 23.3 Å². The van der Waals surface area contributed by atoms with Crippen molar-refractivity contribution in [3.63, 3.8) is 0 Å². The molecule has 4 atom stereocenters. The van der Waals surface area contributed by atoms with E-state index < -0.39 is 22.0 Å². The lowest BCUT2D eigenvalue weighted by Gasteiger charge is -2.35. The van der Waals surface area contributed by atoms with Crippen molar-refractivity contribution in [3.05, 3.63) is 42.2 Å². The Balaban J connectivity index is 1.77. The fraction of sp³-hybridized carbons (Fsp3) is 0.524. The van der Waals surface area contributed by atoms with Crippen LogP contribution in [0.1, 0.15) is 45.1 Å². The number of benzene rings is 1. The van der Waals surface area contributed by atoms with Gasteiger partial charge in [-0.1, -0.05) is 44.4 Å². The third-order valence-electron chi connectivity index (χ3n) is 6.09. The first kappa shape index (κ1) is 21.4. The predicted octanol–water partition coefficient (Wildman–Crippen LogP) is 2.29. The molecule has 0 bridgehead atoms. The first-order chi connectivity index (χ1) is 13.7. The van der Waals surface area contributed by atoms with Gasteiger partial charge in [0.05, 0.1) is 11.3 Å². The Hall–Kier alpha value is -2.35. The molecule has 1 fully saturated rings. The van der Waals surface area contributed by atoms with E-state index in [1.54, 1.807) is 12.1 Å². The van der Waals surface area contributed by atoms with Crippen molar-refractivity contribution in [1.82, 2.24) is 14.9 Å². The fourth-order valence-corrected chi connectivity index (χ4v) is 5.45. The van der Waals surface area contributed by atoms with E-state index in [1.807, 2.05) is 6.92 Å². The molecule has 2 unspecified atom stereocenters. The molecule has 0 saturated heterocycles. The Labute approximate surface area is 172 Å². The van der Waals surface area contributed by atoms with Gasteiger partial charge in [-0.15, -0.1) is 0 Å². The van der Waals surface area contributed by atoms with Gasteiger partial charge in [0, 0.05) is 18.4 Å². The summed E-state index contributed by atoms with van der Waals surface area (Å²) >= 11 is 0. The molecular formula is C21H29N3O4S. The van der Waals surface area contributed by atoms with Crippen molar-refractivity contribution < 1.29 is 18.0 Å². The van der Waals surface area contributed by atoms with Crippen LogP contribution < -0.4 is 10.6 Å². The number of carbonyl (C=O) groups is 2. The summed E-state index contributed by atoms with van der Waals surface area (Å²) in [5, 5.41) is 5.54. The van der Waals surface area contributed by atoms with Gasteiger partial charge in [-0.05, 0) is 37.3 Å². The second-order valence-corrected chi connectivity index (χ2v) is 9.98.